The zero-order chi connectivity index (χ0) is 13.8. The molecule has 0 aliphatic rings. The van der Waals surface area contributed by atoms with Gasteiger partial charge in [0, 0.05) is 12.1 Å². The Hall–Kier alpha value is -1.35. The third-order valence-electron chi connectivity index (χ3n) is 3.65. The minimum Gasteiger partial charge on any atom is -0.325 e. The zero-order valence-corrected chi connectivity index (χ0v) is 12.5. The van der Waals surface area contributed by atoms with Crippen LogP contribution in [0.5, 0.6) is 0 Å². The van der Waals surface area contributed by atoms with Crippen molar-refractivity contribution in [3.8, 4) is 0 Å². The van der Waals surface area contributed by atoms with E-state index in [4.69, 9.17) is 0 Å². The molecule has 19 heavy (non-hydrogen) atoms. The fourth-order valence-electron chi connectivity index (χ4n) is 2.81. The largest absolute Gasteiger partial charge is 0.325 e. The number of benzene rings is 1. The Morgan fingerprint density at radius 1 is 1.26 bits per heavy atom. The summed E-state index contributed by atoms with van der Waals surface area (Å²) in [5.74, 6) is 1.11. The SMILES string of the molecule is CCCNC(C)CC(C)n1c(C)nc2ccccc21. The first-order chi connectivity index (χ1) is 9.13. The second kappa shape index (κ2) is 6.20. The summed E-state index contributed by atoms with van der Waals surface area (Å²) in [4.78, 5) is 4.65. The Bertz CT molecular complexity index is 530. The lowest BCUT2D eigenvalue weighted by Crippen LogP contribution is -2.29. The van der Waals surface area contributed by atoms with E-state index in [1.165, 1.54) is 11.9 Å². The maximum atomic E-state index is 4.65. The van der Waals surface area contributed by atoms with Crippen LogP contribution in [-0.2, 0) is 0 Å². The first-order valence-electron chi connectivity index (χ1n) is 7.30. The highest BCUT2D eigenvalue weighted by atomic mass is 15.1. The topological polar surface area (TPSA) is 29.9 Å². The highest BCUT2D eigenvalue weighted by Gasteiger charge is 2.15. The van der Waals surface area contributed by atoms with E-state index in [0.717, 1.165) is 24.3 Å². The fraction of sp³-hybridized carbons (Fsp3) is 0.562. The second-order valence-electron chi connectivity index (χ2n) is 5.46. The first kappa shape index (κ1) is 14.1. The monoisotopic (exact) mass is 259 g/mol. The van der Waals surface area contributed by atoms with Crippen molar-refractivity contribution in [2.24, 2.45) is 0 Å². The summed E-state index contributed by atoms with van der Waals surface area (Å²) in [7, 11) is 0. The molecule has 0 amide bonds. The van der Waals surface area contributed by atoms with Crippen molar-refractivity contribution >= 4 is 11.0 Å². The van der Waals surface area contributed by atoms with Crippen LogP contribution in [0.1, 0.15) is 45.5 Å². The van der Waals surface area contributed by atoms with Crippen molar-refractivity contribution < 1.29 is 0 Å². The minimum atomic E-state index is 0.465. The number of nitrogens with one attached hydrogen (secondary N) is 1. The lowest BCUT2D eigenvalue weighted by Gasteiger charge is -2.21. The van der Waals surface area contributed by atoms with Crippen LogP contribution in [0, 0.1) is 6.92 Å². The quantitative estimate of drug-likeness (QED) is 0.857. The molecule has 0 radical (unpaired) electrons. The van der Waals surface area contributed by atoms with Gasteiger partial charge in [-0.15, -0.1) is 0 Å². The molecular weight excluding hydrogens is 234 g/mol. The number of aryl methyl sites for hydroxylation is 1. The smallest absolute Gasteiger partial charge is 0.106 e. The van der Waals surface area contributed by atoms with Gasteiger partial charge in [-0.05, 0) is 52.3 Å². The molecule has 1 aromatic heterocycles. The molecule has 1 aromatic carbocycles. The van der Waals surface area contributed by atoms with Gasteiger partial charge in [-0.25, -0.2) is 4.98 Å². The van der Waals surface area contributed by atoms with E-state index >= 15 is 0 Å². The number of hydrogen-bond acceptors (Lipinski definition) is 2. The van der Waals surface area contributed by atoms with E-state index in [9.17, 15) is 0 Å². The van der Waals surface area contributed by atoms with Gasteiger partial charge in [0.05, 0.1) is 11.0 Å². The van der Waals surface area contributed by atoms with Gasteiger partial charge in [0.25, 0.3) is 0 Å². The summed E-state index contributed by atoms with van der Waals surface area (Å²) in [5, 5.41) is 3.56. The van der Waals surface area contributed by atoms with E-state index in [2.05, 4.69) is 66.8 Å². The Labute approximate surface area is 116 Å². The molecule has 0 aliphatic heterocycles. The number of rotatable bonds is 6. The highest BCUT2D eigenvalue weighted by Crippen LogP contribution is 2.23. The second-order valence-corrected chi connectivity index (χ2v) is 5.46. The van der Waals surface area contributed by atoms with E-state index in [0.29, 0.717) is 12.1 Å². The van der Waals surface area contributed by atoms with Crippen molar-refractivity contribution in [2.45, 2.75) is 52.6 Å². The average Bonchev–Trinajstić information content (AvgIpc) is 2.72. The zero-order valence-electron chi connectivity index (χ0n) is 12.5. The molecule has 0 saturated heterocycles. The number of fused-ring (bicyclic) bond motifs is 1. The maximum Gasteiger partial charge on any atom is 0.106 e. The van der Waals surface area contributed by atoms with Crippen molar-refractivity contribution in [3.05, 3.63) is 30.1 Å². The third-order valence-corrected chi connectivity index (χ3v) is 3.65. The normalized spacial score (nSPS) is 14.7. The number of nitrogens with zero attached hydrogens (tertiary/aromatic N) is 2. The summed E-state index contributed by atoms with van der Waals surface area (Å²) in [6.45, 7) is 9.95. The van der Waals surface area contributed by atoms with Crippen LogP contribution in [-0.4, -0.2) is 22.1 Å². The standard InChI is InChI=1S/C16H25N3/c1-5-10-17-12(2)11-13(3)19-14(4)18-15-8-6-7-9-16(15)19/h6-9,12-13,17H,5,10-11H2,1-4H3. The van der Waals surface area contributed by atoms with Crippen molar-refractivity contribution in [1.82, 2.24) is 14.9 Å². The summed E-state index contributed by atoms with van der Waals surface area (Å²) in [5.41, 5.74) is 2.34. The Morgan fingerprint density at radius 3 is 2.74 bits per heavy atom. The van der Waals surface area contributed by atoms with Crippen molar-refractivity contribution in [1.29, 1.82) is 0 Å². The number of para-hydroxylation sites is 2. The van der Waals surface area contributed by atoms with Gasteiger partial charge in [0.2, 0.25) is 0 Å². The Morgan fingerprint density at radius 2 is 2.00 bits per heavy atom. The summed E-state index contributed by atoms with van der Waals surface area (Å²) < 4.78 is 2.36. The van der Waals surface area contributed by atoms with Crippen LogP contribution in [0.3, 0.4) is 0 Å². The summed E-state index contributed by atoms with van der Waals surface area (Å²) in [6, 6.07) is 9.39. The van der Waals surface area contributed by atoms with Crippen LogP contribution in [0.15, 0.2) is 24.3 Å². The molecule has 2 rings (SSSR count). The van der Waals surface area contributed by atoms with Crippen LogP contribution in [0.2, 0.25) is 0 Å². The van der Waals surface area contributed by atoms with Crippen molar-refractivity contribution in [3.63, 3.8) is 0 Å². The Balaban J connectivity index is 2.16. The molecule has 3 nitrogen and oxygen atoms in total. The molecule has 2 atom stereocenters. The minimum absolute atomic E-state index is 0.465. The van der Waals surface area contributed by atoms with Gasteiger partial charge >= 0.3 is 0 Å². The predicted octanol–water partition coefficient (Wildman–Crippen LogP) is 3.68. The predicted molar refractivity (Wildman–Crippen MR) is 81.6 cm³/mol. The van der Waals surface area contributed by atoms with E-state index in [1.807, 2.05) is 0 Å². The molecule has 0 aliphatic carbocycles. The fourth-order valence-corrected chi connectivity index (χ4v) is 2.81. The van der Waals surface area contributed by atoms with Crippen LogP contribution < -0.4 is 5.32 Å². The molecule has 1 heterocycles. The lowest BCUT2D eigenvalue weighted by atomic mass is 10.1. The molecular formula is C16H25N3. The molecule has 2 aromatic rings. The van der Waals surface area contributed by atoms with Gasteiger partial charge < -0.3 is 9.88 Å². The average molecular weight is 259 g/mol. The molecule has 0 saturated carbocycles. The molecule has 104 valence electrons. The molecule has 0 spiro atoms. The third kappa shape index (κ3) is 3.16. The summed E-state index contributed by atoms with van der Waals surface area (Å²) in [6.07, 6.45) is 2.31. The summed E-state index contributed by atoms with van der Waals surface area (Å²) >= 11 is 0. The number of aromatic nitrogens is 2. The van der Waals surface area contributed by atoms with Crippen LogP contribution in [0.25, 0.3) is 11.0 Å². The number of hydrogen-bond donors (Lipinski definition) is 1. The van der Waals surface area contributed by atoms with Gasteiger partial charge in [-0.1, -0.05) is 19.1 Å². The van der Waals surface area contributed by atoms with Crippen LogP contribution >= 0.6 is 0 Å². The van der Waals surface area contributed by atoms with Crippen molar-refractivity contribution in [2.75, 3.05) is 6.54 Å². The molecule has 0 fully saturated rings. The van der Waals surface area contributed by atoms with E-state index in [-0.39, 0.29) is 0 Å². The molecule has 3 heteroatoms. The van der Waals surface area contributed by atoms with Gasteiger partial charge in [0.1, 0.15) is 5.82 Å². The molecule has 0 bridgehead atoms. The highest BCUT2D eigenvalue weighted by molar-refractivity contribution is 5.76. The maximum absolute atomic E-state index is 4.65. The molecule has 1 N–H and O–H groups in total. The van der Waals surface area contributed by atoms with Gasteiger partial charge in [-0.3, -0.25) is 0 Å². The van der Waals surface area contributed by atoms with E-state index in [1.54, 1.807) is 0 Å². The van der Waals surface area contributed by atoms with Gasteiger partial charge in [0.15, 0.2) is 0 Å². The molecule has 2 unspecified atom stereocenters. The number of imidazole rings is 1. The lowest BCUT2D eigenvalue weighted by molar-refractivity contribution is 0.415. The first-order valence-corrected chi connectivity index (χ1v) is 7.30. The van der Waals surface area contributed by atoms with E-state index < -0.39 is 0 Å². The Kier molecular flexibility index (Phi) is 4.59. The van der Waals surface area contributed by atoms with Gasteiger partial charge in [-0.2, -0.15) is 0 Å². The van der Waals surface area contributed by atoms with Crippen LogP contribution in [0.4, 0.5) is 0 Å².